The highest BCUT2D eigenvalue weighted by molar-refractivity contribution is 5.77. The van der Waals surface area contributed by atoms with Gasteiger partial charge in [-0.2, -0.15) is 0 Å². The van der Waals surface area contributed by atoms with Crippen LogP contribution < -0.4 is 11.1 Å². The Hall–Kier alpha value is -1.55. The van der Waals surface area contributed by atoms with Gasteiger partial charge in [0.05, 0.1) is 12.6 Å². The normalized spacial score (nSPS) is 21.3. The molecule has 2 aliphatic carbocycles. The molecular weight excluding hydrogens is 252 g/mol. The van der Waals surface area contributed by atoms with E-state index in [4.69, 9.17) is 10.5 Å². The molecule has 1 amide bonds. The van der Waals surface area contributed by atoms with Crippen LogP contribution in [0.3, 0.4) is 0 Å². The SMILES string of the molecule is Nc1ccc2c(c1)CCCC2NC(=O)COCC1CC1. The van der Waals surface area contributed by atoms with Gasteiger partial charge in [0.15, 0.2) is 0 Å². The first-order valence-electron chi connectivity index (χ1n) is 7.48. The molecule has 1 atom stereocenters. The maximum atomic E-state index is 11.9. The summed E-state index contributed by atoms with van der Waals surface area (Å²) in [4.78, 5) is 11.9. The van der Waals surface area contributed by atoms with Crippen LogP contribution in [0.4, 0.5) is 5.69 Å². The van der Waals surface area contributed by atoms with Gasteiger partial charge in [-0.3, -0.25) is 4.79 Å². The molecule has 0 aliphatic heterocycles. The summed E-state index contributed by atoms with van der Waals surface area (Å²) in [5.41, 5.74) is 9.09. The molecule has 0 bridgehead atoms. The number of nitrogens with two attached hydrogens (primary N) is 1. The molecule has 4 heteroatoms. The van der Waals surface area contributed by atoms with Crippen molar-refractivity contribution in [3.63, 3.8) is 0 Å². The van der Waals surface area contributed by atoms with E-state index < -0.39 is 0 Å². The third kappa shape index (κ3) is 3.31. The van der Waals surface area contributed by atoms with Crippen molar-refractivity contribution in [2.45, 2.75) is 38.1 Å². The fourth-order valence-electron chi connectivity index (χ4n) is 2.82. The van der Waals surface area contributed by atoms with Crippen LogP contribution in [0.25, 0.3) is 0 Å². The van der Waals surface area contributed by atoms with E-state index >= 15 is 0 Å². The topological polar surface area (TPSA) is 64.3 Å². The molecule has 1 fully saturated rings. The van der Waals surface area contributed by atoms with Crippen LogP contribution >= 0.6 is 0 Å². The number of rotatable bonds is 5. The second-order valence-electron chi connectivity index (χ2n) is 5.93. The van der Waals surface area contributed by atoms with Crippen molar-refractivity contribution in [3.8, 4) is 0 Å². The minimum atomic E-state index is -0.0136. The first kappa shape index (κ1) is 13.4. The van der Waals surface area contributed by atoms with Gasteiger partial charge in [-0.05, 0) is 61.3 Å². The molecule has 0 heterocycles. The highest BCUT2D eigenvalue weighted by Gasteiger charge is 2.23. The third-order valence-corrected chi connectivity index (χ3v) is 4.10. The molecule has 1 unspecified atom stereocenters. The number of hydrogen-bond donors (Lipinski definition) is 2. The average Bonchev–Trinajstić information content (AvgIpc) is 3.23. The summed E-state index contributed by atoms with van der Waals surface area (Å²) in [5, 5.41) is 3.08. The maximum Gasteiger partial charge on any atom is 0.246 e. The number of carbonyl (C=O) groups excluding carboxylic acids is 1. The fourth-order valence-corrected chi connectivity index (χ4v) is 2.82. The Morgan fingerprint density at radius 2 is 2.20 bits per heavy atom. The predicted molar refractivity (Wildman–Crippen MR) is 78.2 cm³/mol. The number of fused-ring (bicyclic) bond motifs is 1. The number of aryl methyl sites for hydroxylation is 1. The Labute approximate surface area is 119 Å². The van der Waals surface area contributed by atoms with E-state index in [1.807, 2.05) is 18.2 Å². The quantitative estimate of drug-likeness (QED) is 0.809. The van der Waals surface area contributed by atoms with Gasteiger partial charge in [0, 0.05) is 5.69 Å². The number of carbonyl (C=O) groups is 1. The lowest BCUT2D eigenvalue weighted by Crippen LogP contribution is -2.33. The van der Waals surface area contributed by atoms with E-state index in [0.29, 0.717) is 5.92 Å². The average molecular weight is 274 g/mol. The number of hydrogen-bond acceptors (Lipinski definition) is 3. The number of nitrogens with one attached hydrogen (secondary N) is 1. The number of benzene rings is 1. The monoisotopic (exact) mass is 274 g/mol. The van der Waals surface area contributed by atoms with Gasteiger partial charge < -0.3 is 15.8 Å². The van der Waals surface area contributed by atoms with Gasteiger partial charge in [-0.15, -0.1) is 0 Å². The molecule has 0 saturated heterocycles. The van der Waals surface area contributed by atoms with E-state index in [-0.39, 0.29) is 18.6 Å². The minimum Gasteiger partial charge on any atom is -0.399 e. The van der Waals surface area contributed by atoms with Crippen molar-refractivity contribution in [2.24, 2.45) is 5.92 Å². The van der Waals surface area contributed by atoms with Crippen LogP contribution in [-0.2, 0) is 16.0 Å². The highest BCUT2D eigenvalue weighted by atomic mass is 16.5. The van der Waals surface area contributed by atoms with Gasteiger partial charge >= 0.3 is 0 Å². The summed E-state index contributed by atoms with van der Waals surface area (Å²) in [5.74, 6) is 0.682. The zero-order valence-electron chi connectivity index (χ0n) is 11.7. The lowest BCUT2D eigenvalue weighted by Gasteiger charge is -2.26. The summed E-state index contributed by atoms with van der Waals surface area (Å²) in [6, 6.07) is 6.08. The van der Waals surface area contributed by atoms with E-state index in [9.17, 15) is 4.79 Å². The molecule has 1 saturated carbocycles. The Morgan fingerprint density at radius 3 is 3.00 bits per heavy atom. The largest absolute Gasteiger partial charge is 0.399 e. The summed E-state index contributed by atoms with van der Waals surface area (Å²) in [6.07, 6.45) is 5.62. The van der Waals surface area contributed by atoms with Crippen molar-refractivity contribution >= 4 is 11.6 Å². The van der Waals surface area contributed by atoms with Crippen LogP contribution in [0.2, 0.25) is 0 Å². The van der Waals surface area contributed by atoms with Crippen LogP contribution in [0.15, 0.2) is 18.2 Å². The van der Waals surface area contributed by atoms with Crippen molar-refractivity contribution in [2.75, 3.05) is 18.9 Å². The standard InChI is InChI=1S/C16H22N2O2/c17-13-6-7-14-12(8-13)2-1-3-15(14)18-16(19)10-20-9-11-4-5-11/h6-8,11,15H,1-5,9-10,17H2,(H,18,19). The van der Waals surface area contributed by atoms with Crippen LogP contribution in [0, 0.1) is 5.92 Å². The van der Waals surface area contributed by atoms with E-state index in [2.05, 4.69) is 5.32 Å². The molecule has 0 spiro atoms. The summed E-state index contributed by atoms with van der Waals surface area (Å²) >= 11 is 0. The lowest BCUT2D eigenvalue weighted by molar-refractivity contribution is -0.126. The molecule has 3 N–H and O–H groups in total. The molecule has 20 heavy (non-hydrogen) atoms. The van der Waals surface area contributed by atoms with Gasteiger partial charge in [0.25, 0.3) is 0 Å². The Balaban J connectivity index is 1.56. The summed E-state index contributed by atoms with van der Waals surface area (Å²) < 4.78 is 5.44. The van der Waals surface area contributed by atoms with Gasteiger partial charge in [0.2, 0.25) is 5.91 Å². The van der Waals surface area contributed by atoms with E-state index in [1.165, 1.54) is 24.0 Å². The fraction of sp³-hybridized carbons (Fsp3) is 0.562. The number of ether oxygens (including phenoxy) is 1. The van der Waals surface area contributed by atoms with Gasteiger partial charge in [-0.1, -0.05) is 6.07 Å². The highest BCUT2D eigenvalue weighted by Crippen LogP contribution is 2.31. The maximum absolute atomic E-state index is 11.9. The van der Waals surface area contributed by atoms with Crippen LogP contribution in [0.5, 0.6) is 0 Å². The lowest BCUT2D eigenvalue weighted by atomic mass is 9.87. The smallest absolute Gasteiger partial charge is 0.246 e. The molecule has 0 aromatic heterocycles. The summed E-state index contributed by atoms with van der Waals surface area (Å²) in [6.45, 7) is 0.905. The Kier molecular flexibility index (Phi) is 3.92. The van der Waals surface area contributed by atoms with Crippen LogP contribution in [-0.4, -0.2) is 19.1 Å². The van der Waals surface area contributed by atoms with Crippen LogP contribution in [0.1, 0.15) is 42.9 Å². The Morgan fingerprint density at radius 1 is 1.35 bits per heavy atom. The van der Waals surface area contributed by atoms with Gasteiger partial charge in [-0.25, -0.2) is 0 Å². The Bertz CT molecular complexity index is 497. The molecular formula is C16H22N2O2. The van der Waals surface area contributed by atoms with Crippen molar-refractivity contribution in [1.82, 2.24) is 5.32 Å². The molecule has 0 radical (unpaired) electrons. The molecule has 4 nitrogen and oxygen atoms in total. The first-order chi connectivity index (χ1) is 9.72. The van der Waals surface area contributed by atoms with Crippen molar-refractivity contribution < 1.29 is 9.53 Å². The molecule has 1 aromatic carbocycles. The predicted octanol–water partition coefficient (Wildman–Crippen LogP) is 2.19. The molecule has 2 aliphatic rings. The zero-order valence-corrected chi connectivity index (χ0v) is 11.7. The van der Waals surface area contributed by atoms with Gasteiger partial charge in [0.1, 0.15) is 6.61 Å². The number of amides is 1. The second kappa shape index (κ2) is 5.83. The molecule has 1 aromatic rings. The first-order valence-corrected chi connectivity index (χ1v) is 7.48. The van der Waals surface area contributed by atoms with E-state index in [1.54, 1.807) is 0 Å². The number of nitrogen functional groups attached to an aromatic ring is 1. The molecule has 3 rings (SSSR count). The number of anilines is 1. The van der Waals surface area contributed by atoms with E-state index in [0.717, 1.165) is 31.6 Å². The zero-order chi connectivity index (χ0) is 13.9. The molecule has 108 valence electrons. The third-order valence-electron chi connectivity index (χ3n) is 4.10. The minimum absolute atomic E-state index is 0.0136. The van der Waals surface area contributed by atoms with Crippen molar-refractivity contribution in [1.29, 1.82) is 0 Å². The second-order valence-corrected chi connectivity index (χ2v) is 5.93. The summed E-state index contributed by atoms with van der Waals surface area (Å²) in [7, 11) is 0. The van der Waals surface area contributed by atoms with Crippen molar-refractivity contribution in [3.05, 3.63) is 29.3 Å².